The zero-order valence-corrected chi connectivity index (χ0v) is 20.4. The van der Waals surface area contributed by atoms with Gasteiger partial charge >= 0.3 is 0 Å². The maximum atomic E-state index is 13.7. The summed E-state index contributed by atoms with van der Waals surface area (Å²) in [4.78, 5) is 34.2. The van der Waals surface area contributed by atoms with E-state index in [1.807, 2.05) is 38.1 Å². The third-order valence-electron chi connectivity index (χ3n) is 5.90. The van der Waals surface area contributed by atoms with Crippen LogP contribution >= 0.6 is 11.3 Å². The number of halogens is 1. The lowest BCUT2D eigenvalue weighted by atomic mass is 9.94. The predicted octanol–water partition coefficient (Wildman–Crippen LogP) is 3.25. The maximum absolute atomic E-state index is 13.7. The fourth-order valence-electron chi connectivity index (χ4n) is 4.17. The zero-order chi connectivity index (χ0) is 24.4. The Morgan fingerprint density at radius 1 is 1.18 bits per heavy atom. The summed E-state index contributed by atoms with van der Waals surface area (Å²) in [6, 6.07) is 12.7. The quantitative estimate of drug-likeness (QED) is 0.545. The number of hydrogen-bond acceptors (Lipinski definition) is 5. The van der Waals surface area contributed by atoms with Crippen LogP contribution in [0.3, 0.4) is 0 Å². The van der Waals surface area contributed by atoms with E-state index in [9.17, 15) is 14.0 Å². The third-order valence-corrected chi connectivity index (χ3v) is 6.89. The van der Waals surface area contributed by atoms with Gasteiger partial charge in [-0.25, -0.2) is 9.38 Å². The molecule has 1 aliphatic rings. The molecule has 0 bridgehead atoms. The number of methoxy groups -OCH3 is 1. The highest BCUT2D eigenvalue weighted by molar-refractivity contribution is 7.07. The highest BCUT2D eigenvalue weighted by Gasteiger charge is 2.35. The normalized spacial score (nSPS) is 15.7. The van der Waals surface area contributed by atoms with Crippen LogP contribution in [0, 0.1) is 5.82 Å². The van der Waals surface area contributed by atoms with E-state index >= 15 is 0 Å². The summed E-state index contributed by atoms with van der Waals surface area (Å²) >= 11 is 1.24. The molecule has 0 spiro atoms. The van der Waals surface area contributed by atoms with Crippen LogP contribution in [0.25, 0.3) is 6.08 Å². The van der Waals surface area contributed by atoms with E-state index in [1.165, 1.54) is 23.5 Å². The van der Waals surface area contributed by atoms with Gasteiger partial charge in [-0.2, -0.15) is 0 Å². The van der Waals surface area contributed by atoms with Crippen molar-refractivity contribution in [3.05, 3.63) is 96.4 Å². The fourth-order valence-corrected chi connectivity index (χ4v) is 5.22. The predicted molar refractivity (Wildman–Crippen MR) is 131 cm³/mol. The number of ether oxygens (including phenoxy) is 1. The number of amides is 1. The molecule has 1 atom stereocenters. The summed E-state index contributed by atoms with van der Waals surface area (Å²) in [5, 5.41) is 0. The Hall–Kier alpha value is -3.52. The summed E-state index contributed by atoms with van der Waals surface area (Å²) < 4.78 is 21.0. The first kappa shape index (κ1) is 23.6. The van der Waals surface area contributed by atoms with Gasteiger partial charge in [-0.15, -0.1) is 0 Å². The minimum absolute atomic E-state index is 0.157. The smallest absolute Gasteiger partial charge is 0.271 e. The van der Waals surface area contributed by atoms with Crippen molar-refractivity contribution in [1.29, 1.82) is 0 Å². The van der Waals surface area contributed by atoms with Crippen LogP contribution in [0.1, 0.15) is 37.9 Å². The standard InChI is InChI=1S/C26H26FN3O3S/c1-5-29(6-2)25(32)22-16(3)28-26-30(23(22)19-9-7-8-10-20(19)33-4)24(31)21(34-26)15-17-11-13-18(27)14-12-17/h7-15,23H,5-6H2,1-4H3/b21-15+/t23-/m1/s1. The lowest BCUT2D eigenvalue weighted by molar-refractivity contribution is -0.127. The molecule has 0 fully saturated rings. The first-order valence-electron chi connectivity index (χ1n) is 11.1. The van der Waals surface area contributed by atoms with Crippen LogP contribution in [0.5, 0.6) is 5.75 Å². The Kier molecular flexibility index (Phi) is 6.79. The highest BCUT2D eigenvalue weighted by Crippen LogP contribution is 2.35. The Morgan fingerprint density at radius 2 is 1.85 bits per heavy atom. The van der Waals surface area contributed by atoms with Crippen molar-refractivity contribution in [3.8, 4) is 5.75 Å². The first-order chi connectivity index (χ1) is 16.4. The number of fused-ring (bicyclic) bond motifs is 1. The average molecular weight is 480 g/mol. The molecule has 1 amide bonds. The van der Waals surface area contributed by atoms with E-state index in [0.717, 1.165) is 0 Å². The summed E-state index contributed by atoms with van der Waals surface area (Å²) in [5.74, 6) is 0.0834. The van der Waals surface area contributed by atoms with E-state index in [0.29, 0.717) is 50.6 Å². The molecule has 176 valence electrons. The number of carbonyl (C=O) groups excluding carboxylic acids is 1. The lowest BCUT2D eigenvalue weighted by Crippen LogP contribution is -2.43. The molecule has 6 nitrogen and oxygen atoms in total. The van der Waals surface area contributed by atoms with Crippen molar-refractivity contribution in [3.63, 3.8) is 0 Å². The second kappa shape index (κ2) is 9.77. The Labute approximate surface area is 201 Å². The van der Waals surface area contributed by atoms with Gasteiger partial charge in [-0.3, -0.25) is 14.2 Å². The Bertz CT molecular complexity index is 1430. The van der Waals surface area contributed by atoms with Crippen LogP contribution in [0.4, 0.5) is 4.39 Å². The lowest BCUT2D eigenvalue weighted by Gasteiger charge is -2.29. The van der Waals surface area contributed by atoms with Crippen LogP contribution < -0.4 is 19.6 Å². The summed E-state index contributed by atoms with van der Waals surface area (Å²) in [6.45, 7) is 6.73. The molecule has 0 aliphatic carbocycles. The van der Waals surface area contributed by atoms with Gasteiger partial charge < -0.3 is 9.64 Å². The SMILES string of the molecule is CCN(CC)C(=O)C1=C(C)N=c2s/c(=C/c3ccc(F)cc3)c(=O)n2[C@@H]1c1ccccc1OC. The van der Waals surface area contributed by atoms with Crippen LogP contribution in [0.15, 0.2) is 69.6 Å². The van der Waals surface area contributed by atoms with E-state index in [1.54, 1.807) is 41.7 Å². The summed E-state index contributed by atoms with van der Waals surface area (Å²) in [6.07, 6.45) is 1.72. The molecule has 0 unspecified atom stereocenters. The topological polar surface area (TPSA) is 63.9 Å². The molecule has 2 aromatic carbocycles. The molecular formula is C26H26FN3O3S. The van der Waals surface area contributed by atoms with Gasteiger partial charge in [0, 0.05) is 18.7 Å². The number of rotatable bonds is 6. The highest BCUT2D eigenvalue weighted by atomic mass is 32.1. The molecule has 2 heterocycles. The first-order valence-corrected chi connectivity index (χ1v) is 11.9. The van der Waals surface area contributed by atoms with Crippen LogP contribution in [-0.2, 0) is 4.79 Å². The van der Waals surface area contributed by atoms with Crippen molar-refractivity contribution in [1.82, 2.24) is 9.47 Å². The molecule has 3 aromatic rings. The van der Waals surface area contributed by atoms with Gasteiger partial charge in [-0.05, 0) is 50.6 Å². The number of thiazole rings is 1. The second-order valence-corrected chi connectivity index (χ2v) is 8.86. The maximum Gasteiger partial charge on any atom is 0.271 e. The third kappa shape index (κ3) is 4.21. The van der Waals surface area contributed by atoms with E-state index in [2.05, 4.69) is 4.99 Å². The van der Waals surface area contributed by atoms with Gasteiger partial charge in [0.1, 0.15) is 17.6 Å². The average Bonchev–Trinajstić information content (AvgIpc) is 3.14. The summed E-state index contributed by atoms with van der Waals surface area (Å²) in [5.41, 5.74) is 2.18. The van der Waals surface area contributed by atoms with Gasteiger partial charge in [0.2, 0.25) is 0 Å². The molecular weight excluding hydrogens is 453 g/mol. The van der Waals surface area contributed by atoms with Gasteiger partial charge in [0.25, 0.3) is 11.5 Å². The van der Waals surface area contributed by atoms with Gasteiger partial charge in [0.15, 0.2) is 4.80 Å². The largest absolute Gasteiger partial charge is 0.496 e. The molecule has 0 radical (unpaired) electrons. The van der Waals surface area contributed by atoms with E-state index in [-0.39, 0.29) is 17.3 Å². The van der Waals surface area contributed by atoms with Crippen molar-refractivity contribution < 1.29 is 13.9 Å². The van der Waals surface area contributed by atoms with Crippen molar-refractivity contribution >= 4 is 23.3 Å². The molecule has 4 rings (SSSR count). The number of carbonyl (C=O) groups is 1. The fraction of sp³-hybridized carbons (Fsp3) is 0.269. The Morgan fingerprint density at radius 3 is 2.50 bits per heavy atom. The van der Waals surface area contributed by atoms with E-state index in [4.69, 9.17) is 4.74 Å². The molecule has 1 aromatic heterocycles. The number of benzene rings is 2. The molecule has 8 heteroatoms. The number of allylic oxidation sites excluding steroid dienone is 1. The van der Waals surface area contributed by atoms with Crippen molar-refractivity contribution in [2.24, 2.45) is 4.99 Å². The molecule has 0 saturated heterocycles. The van der Waals surface area contributed by atoms with Gasteiger partial charge in [0.05, 0.1) is 22.9 Å². The van der Waals surface area contributed by atoms with Crippen LogP contribution in [0.2, 0.25) is 0 Å². The number of hydrogen-bond donors (Lipinski definition) is 0. The minimum Gasteiger partial charge on any atom is -0.496 e. The minimum atomic E-state index is -0.684. The number of likely N-dealkylation sites (N-methyl/N-ethyl adjacent to an activating group) is 1. The molecule has 1 aliphatic heterocycles. The molecule has 0 saturated carbocycles. The van der Waals surface area contributed by atoms with Crippen molar-refractivity contribution in [2.45, 2.75) is 26.8 Å². The molecule has 34 heavy (non-hydrogen) atoms. The number of nitrogens with zero attached hydrogens (tertiary/aromatic N) is 3. The monoisotopic (exact) mass is 479 g/mol. The summed E-state index contributed by atoms with van der Waals surface area (Å²) in [7, 11) is 1.57. The number of para-hydroxylation sites is 1. The van der Waals surface area contributed by atoms with Crippen LogP contribution in [-0.4, -0.2) is 35.6 Å². The zero-order valence-electron chi connectivity index (χ0n) is 19.5. The Balaban J connectivity index is 1.99. The second-order valence-electron chi connectivity index (χ2n) is 7.85. The van der Waals surface area contributed by atoms with Gasteiger partial charge in [-0.1, -0.05) is 41.7 Å². The number of aromatic nitrogens is 1. The van der Waals surface area contributed by atoms with E-state index < -0.39 is 6.04 Å². The van der Waals surface area contributed by atoms with Crippen molar-refractivity contribution in [2.75, 3.05) is 20.2 Å². The molecule has 0 N–H and O–H groups in total.